The van der Waals surface area contributed by atoms with Gasteiger partial charge in [-0.3, -0.25) is 4.79 Å². The topological polar surface area (TPSA) is 105 Å². The van der Waals surface area contributed by atoms with Gasteiger partial charge in [0.25, 0.3) is 5.91 Å². The number of aryl methyl sites for hydroxylation is 1. The van der Waals surface area contributed by atoms with Crippen molar-refractivity contribution in [2.45, 2.75) is 40.3 Å². The Morgan fingerprint density at radius 1 is 1.23 bits per heavy atom. The number of rotatable bonds is 8. The minimum absolute atomic E-state index is 0.116. The SMILES string of the molecule is CCNC(=NCc1ccc(C(=O)NC)cc1)NC(C)c1nc(C)c(C(=O)OCC)s1. The molecule has 0 aliphatic heterocycles. The van der Waals surface area contributed by atoms with Crippen LogP contribution in [-0.2, 0) is 11.3 Å². The van der Waals surface area contributed by atoms with Gasteiger partial charge in [0.15, 0.2) is 5.96 Å². The zero-order valence-electron chi connectivity index (χ0n) is 18.0. The Morgan fingerprint density at radius 2 is 1.93 bits per heavy atom. The maximum Gasteiger partial charge on any atom is 0.350 e. The summed E-state index contributed by atoms with van der Waals surface area (Å²) in [4.78, 5) is 33.3. The molecule has 2 aromatic rings. The molecule has 1 aromatic heterocycles. The average molecular weight is 432 g/mol. The molecule has 1 aromatic carbocycles. The van der Waals surface area contributed by atoms with Crippen molar-refractivity contribution < 1.29 is 14.3 Å². The van der Waals surface area contributed by atoms with Gasteiger partial charge in [0.05, 0.1) is 24.9 Å². The standard InChI is InChI=1S/C21H29N5O3S/c1-6-23-21(24-12-15-8-10-16(11-9-15)18(27)22-5)26-14(4)19-25-13(3)17(30-19)20(28)29-7-2/h8-11,14H,6-7,12H2,1-5H3,(H,22,27)(H2,23,24,26). The van der Waals surface area contributed by atoms with Gasteiger partial charge in [-0.15, -0.1) is 11.3 Å². The largest absolute Gasteiger partial charge is 0.462 e. The summed E-state index contributed by atoms with van der Waals surface area (Å²) in [5.74, 6) is 0.187. The molecular weight excluding hydrogens is 402 g/mol. The number of thiazole rings is 1. The highest BCUT2D eigenvalue weighted by atomic mass is 32.1. The molecule has 2 rings (SSSR count). The van der Waals surface area contributed by atoms with Crippen molar-refractivity contribution in [3.8, 4) is 0 Å². The molecule has 0 aliphatic rings. The Hall–Kier alpha value is -2.94. The first-order chi connectivity index (χ1) is 14.4. The molecule has 0 bridgehead atoms. The Morgan fingerprint density at radius 3 is 2.53 bits per heavy atom. The first-order valence-electron chi connectivity index (χ1n) is 9.89. The summed E-state index contributed by atoms with van der Waals surface area (Å²) in [6.07, 6.45) is 0. The van der Waals surface area contributed by atoms with E-state index in [1.165, 1.54) is 11.3 Å². The smallest absolute Gasteiger partial charge is 0.350 e. The second-order valence-corrected chi connectivity index (χ2v) is 7.55. The highest BCUT2D eigenvalue weighted by molar-refractivity contribution is 7.13. The molecule has 0 fully saturated rings. The van der Waals surface area contributed by atoms with Crippen molar-refractivity contribution >= 4 is 29.2 Å². The Balaban J connectivity index is 2.08. The van der Waals surface area contributed by atoms with Crippen molar-refractivity contribution in [1.29, 1.82) is 0 Å². The number of esters is 1. The first kappa shape index (κ1) is 23.3. The van der Waals surface area contributed by atoms with Crippen LogP contribution in [0.15, 0.2) is 29.3 Å². The predicted octanol–water partition coefficient (Wildman–Crippen LogP) is 2.80. The van der Waals surface area contributed by atoms with Gasteiger partial charge in [-0.1, -0.05) is 12.1 Å². The van der Waals surface area contributed by atoms with E-state index in [-0.39, 0.29) is 17.9 Å². The van der Waals surface area contributed by atoms with Crippen molar-refractivity contribution in [3.05, 3.63) is 51.0 Å². The lowest BCUT2D eigenvalue weighted by Crippen LogP contribution is -2.38. The number of guanidine groups is 1. The van der Waals surface area contributed by atoms with Crippen LogP contribution in [0.25, 0.3) is 0 Å². The van der Waals surface area contributed by atoms with E-state index in [0.717, 1.165) is 10.6 Å². The summed E-state index contributed by atoms with van der Waals surface area (Å²) < 4.78 is 5.09. The molecule has 1 amide bonds. The third kappa shape index (κ3) is 6.28. The lowest BCUT2D eigenvalue weighted by molar-refractivity contribution is 0.0531. The number of amides is 1. The van der Waals surface area contributed by atoms with Crippen LogP contribution in [0.2, 0.25) is 0 Å². The fraction of sp³-hybridized carbons (Fsp3) is 0.429. The van der Waals surface area contributed by atoms with Crippen LogP contribution in [0.3, 0.4) is 0 Å². The molecule has 9 heteroatoms. The minimum atomic E-state index is -0.341. The minimum Gasteiger partial charge on any atom is -0.462 e. The monoisotopic (exact) mass is 431 g/mol. The second kappa shape index (κ2) is 11.3. The number of nitrogens with zero attached hydrogens (tertiary/aromatic N) is 2. The Kier molecular flexibility index (Phi) is 8.79. The van der Waals surface area contributed by atoms with E-state index in [0.29, 0.717) is 41.8 Å². The Bertz CT molecular complexity index is 893. The summed E-state index contributed by atoms with van der Waals surface area (Å²) >= 11 is 1.33. The fourth-order valence-electron chi connectivity index (χ4n) is 2.65. The summed E-state index contributed by atoms with van der Waals surface area (Å²) in [6, 6.07) is 7.20. The maximum absolute atomic E-state index is 12.0. The summed E-state index contributed by atoms with van der Waals surface area (Å²) in [6.45, 7) is 9.05. The van der Waals surface area contributed by atoms with Crippen molar-refractivity contribution in [1.82, 2.24) is 20.9 Å². The van der Waals surface area contributed by atoms with E-state index in [2.05, 4.69) is 25.9 Å². The van der Waals surface area contributed by atoms with Crippen LogP contribution in [-0.4, -0.2) is 43.0 Å². The van der Waals surface area contributed by atoms with Crippen molar-refractivity contribution in [2.24, 2.45) is 4.99 Å². The number of nitrogens with one attached hydrogen (secondary N) is 3. The molecule has 162 valence electrons. The number of ether oxygens (including phenoxy) is 1. The molecule has 0 radical (unpaired) electrons. The van der Waals surface area contributed by atoms with Gasteiger partial charge >= 0.3 is 5.97 Å². The number of hydrogen-bond acceptors (Lipinski definition) is 6. The molecule has 8 nitrogen and oxygen atoms in total. The number of carbonyl (C=O) groups is 2. The molecule has 1 heterocycles. The number of aliphatic imine (C=N–C) groups is 1. The highest BCUT2D eigenvalue weighted by Crippen LogP contribution is 2.24. The van der Waals surface area contributed by atoms with Gasteiger partial charge in [0, 0.05) is 19.2 Å². The van der Waals surface area contributed by atoms with Crippen LogP contribution in [0, 0.1) is 6.92 Å². The van der Waals surface area contributed by atoms with Gasteiger partial charge in [0.2, 0.25) is 0 Å². The number of hydrogen-bond donors (Lipinski definition) is 3. The van der Waals surface area contributed by atoms with E-state index < -0.39 is 0 Å². The van der Waals surface area contributed by atoms with Gasteiger partial charge in [-0.05, 0) is 45.4 Å². The third-order valence-corrected chi connectivity index (χ3v) is 5.52. The van der Waals surface area contributed by atoms with E-state index in [4.69, 9.17) is 4.74 Å². The average Bonchev–Trinajstić information content (AvgIpc) is 3.14. The Labute approximate surface area is 181 Å². The van der Waals surface area contributed by atoms with Crippen molar-refractivity contribution in [3.63, 3.8) is 0 Å². The highest BCUT2D eigenvalue weighted by Gasteiger charge is 2.20. The first-order valence-corrected chi connectivity index (χ1v) is 10.7. The van der Waals surface area contributed by atoms with Crippen LogP contribution in [0.4, 0.5) is 0 Å². The number of benzene rings is 1. The van der Waals surface area contributed by atoms with Crippen LogP contribution in [0.1, 0.15) is 63.1 Å². The molecule has 0 saturated carbocycles. The molecule has 1 atom stereocenters. The zero-order chi connectivity index (χ0) is 22.1. The predicted molar refractivity (Wildman–Crippen MR) is 119 cm³/mol. The summed E-state index contributed by atoms with van der Waals surface area (Å²) in [5.41, 5.74) is 2.27. The molecule has 30 heavy (non-hydrogen) atoms. The summed E-state index contributed by atoms with van der Waals surface area (Å²) in [7, 11) is 1.61. The summed E-state index contributed by atoms with van der Waals surface area (Å²) in [5, 5.41) is 9.93. The van der Waals surface area contributed by atoms with Gasteiger partial charge < -0.3 is 20.7 Å². The van der Waals surface area contributed by atoms with E-state index in [9.17, 15) is 9.59 Å². The van der Waals surface area contributed by atoms with Gasteiger partial charge in [-0.2, -0.15) is 0 Å². The molecule has 3 N–H and O–H groups in total. The van der Waals surface area contributed by atoms with E-state index in [1.54, 1.807) is 33.0 Å². The van der Waals surface area contributed by atoms with E-state index in [1.807, 2.05) is 26.0 Å². The quantitative estimate of drug-likeness (QED) is 0.337. The number of aromatic nitrogens is 1. The zero-order valence-corrected chi connectivity index (χ0v) is 18.9. The number of carbonyl (C=O) groups excluding carboxylic acids is 2. The molecule has 1 unspecified atom stereocenters. The van der Waals surface area contributed by atoms with Crippen LogP contribution >= 0.6 is 11.3 Å². The normalized spacial score (nSPS) is 12.2. The third-order valence-electron chi connectivity index (χ3n) is 4.20. The van der Waals surface area contributed by atoms with Crippen LogP contribution in [0.5, 0.6) is 0 Å². The molecule has 0 saturated heterocycles. The lowest BCUT2D eigenvalue weighted by Gasteiger charge is -2.16. The molecule has 0 spiro atoms. The fourth-order valence-corrected chi connectivity index (χ4v) is 3.61. The van der Waals surface area contributed by atoms with Gasteiger partial charge in [-0.25, -0.2) is 14.8 Å². The maximum atomic E-state index is 12.0. The molecule has 0 aliphatic carbocycles. The lowest BCUT2D eigenvalue weighted by atomic mass is 10.1. The van der Waals surface area contributed by atoms with E-state index >= 15 is 0 Å². The second-order valence-electron chi connectivity index (χ2n) is 6.52. The van der Waals surface area contributed by atoms with Crippen LogP contribution < -0.4 is 16.0 Å². The van der Waals surface area contributed by atoms with Crippen molar-refractivity contribution in [2.75, 3.05) is 20.2 Å². The van der Waals surface area contributed by atoms with Gasteiger partial charge in [0.1, 0.15) is 9.88 Å². The molecular formula is C21H29N5O3S.